The van der Waals surface area contributed by atoms with Crippen molar-refractivity contribution >= 4 is 39.1 Å². The van der Waals surface area contributed by atoms with Gasteiger partial charge in [0.1, 0.15) is 12.3 Å². The fourth-order valence-corrected chi connectivity index (χ4v) is 6.20. The maximum Gasteiger partial charge on any atom is 0.416 e. The molecule has 0 spiro atoms. The van der Waals surface area contributed by atoms with Crippen molar-refractivity contribution in [2.45, 2.75) is 22.9 Å². The minimum Gasteiger partial charge on any atom is -0.494 e. The van der Waals surface area contributed by atoms with Crippen LogP contribution >= 0.6 is 11.8 Å². The van der Waals surface area contributed by atoms with Gasteiger partial charge in [-0.3, -0.25) is 9.10 Å². The second kappa shape index (κ2) is 12.4. The summed E-state index contributed by atoms with van der Waals surface area (Å²) in [6, 6.07) is 18.0. The fourth-order valence-electron chi connectivity index (χ4n) is 4.38. The van der Waals surface area contributed by atoms with Crippen LogP contribution < -0.4 is 13.9 Å². The lowest BCUT2D eigenvalue weighted by atomic mass is 10.1. The van der Waals surface area contributed by atoms with Crippen LogP contribution in [0.3, 0.4) is 0 Å². The predicted octanol–water partition coefficient (Wildman–Crippen LogP) is 5.37. The van der Waals surface area contributed by atoms with Crippen LogP contribution in [0.25, 0.3) is 0 Å². The van der Waals surface area contributed by atoms with Crippen LogP contribution in [0.2, 0.25) is 0 Å². The van der Waals surface area contributed by atoms with E-state index in [0.717, 1.165) is 21.3 Å². The molecular weight excluding hydrogens is 563 g/mol. The van der Waals surface area contributed by atoms with E-state index in [4.69, 9.17) is 4.74 Å². The average Bonchev–Trinajstić information content (AvgIpc) is 2.96. The highest BCUT2D eigenvalue weighted by molar-refractivity contribution is 7.98. The third-order valence-corrected chi connectivity index (χ3v) is 9.06. The summed E-state index contributed by atoms with van der Waals surface area (Å²) in [5.41, 5.74) is 0.00725. The van der Waals surface area contributed by atoms with Crippen LogP contribution in [0.5, 0.6) is 5.75 Å². The van der Waals surface area contributed by atoms with Crippen molar-refractivity contribution in [3.05, 3.63) is 78.4 Å². The number of carbonyl (C=O) groups is 1. The van der Waals surface area contributed by atoms with Gasteiger partial charge in [-0.15, -0.1) is 11.8 Å². The highest BCUT2D eigenvalue weighted by Gasteiger charge is 2.32. The number of alkyl halides is 3. The zero-order valence-electron chi connectivity index (χ0n) is 22.1. The lowest BCUT2D eigenvalue weighted by molar-refractivity contribution is -0.137. The first-order valence-electron chi connectivity index (χ1n) is 12.6. The van der Waals surface area contributed by atoms with Gasteiger partial charge in [-0.05, 0) is 79.9 Å². The van der Waals surface area contributed by atoms with E-state index in [2.05, 4.69) is 0 Å². The van der Waals surface area contributed by atoms with Crippen molar-refractivity contribution in [1.29, 1.82) is 0 Å². The number of amides is 1. The number of nitrogens with zero attached hydrogens (tertiary/aromatic N) is 3. The summed E-state index contributed by atoms with van der Waals surface area (Å²) < 4.78 is 73.5. The monoisotopic (exact) mass is 593 g/mol. The highest BCUT2D eigenvalue weighted by Crippen LogP contribution is 2.32. The molecule has 0 atom stereocenters. The van der Waals surface area contributed by atoms with E-state index < -0.39 is 34.2 Å². The molecule has 3 aromatic carbocycles. The number of halogens is 3. The van der Waals surface area contributed by atoms with Gasteiger partial charge in [0.05, 0.1) is 22.8 Å². The van der Waals surface area contributed by atoms with E-state index in [1.54, 1.807) is 47.4 Å². The van der Waals surface area contributed by atoms with Gasteiger partial charge in [-0.25, -0.2) is 8.42 Å². The number of sulfonamides is 1. The Hall–Kier alpha value is -3.38. The standard InChI is InChI=1S/C28H30F3N3O4S2/c1-3-38-24-9-7-22(8-10-24)34(40(36,37)26-13-11-25(39-2)12-14-26)20-27(35)33-17-15-32(16-18-33)23-6-4-5-21(19-23)28(29,30)31/h4-14,19H,3,15-18,20H2,1-2H3. The molecule has 0 bridgehead atoms. The summed E-state index contributed by atoms with van der Waals surface area (Å²) in [5.74, 6) is 0.173. The summed E-state index contributed by atoms with van der Waals surface area (Å²) in [7, 11) is -4.09. The summed E-state index contributed by atoms with van der Waals surface area (Å²) in [6.45, 7) is 2.99. The predicted molar refractivity (Wildman–Crippen MR) is 151 cm³/mol. The molecule has 0 unspecified atom stereocenters. The number of benzene rings is 3. The molecule has 1 aliphatic rings. The fraction of sp³-hybridized carbons (Fsp3) is 0.321. The normalized spacial score (nSPS) is 14.2. The van der Waals surface area contributed by atoms with Gasteiger partial charge in [-0.2, -0.15) is 13.2 Å². The summed E-state index contributed by atoms with van der Waals surface area (Å²) >= 11 is 1.49. The average molecular weight is 594 g/mol. The molecule has 0 aliphatic carbocycles. The van der Waals surface area contributed by atoms with Gasteiger partial charge in [0.2, 0.25) is 5.91 Å². The number of hydrogen-bond acceptors (Lipinski definition) is 6. The topological polar surface area (TPSA) is 70.2 Å². The van der Waals surface area contributed by atoms with E-state index >= 15 is 0 Å². The maximum absolute atomic E-state index is 13.7. The third kappa shape index (κ3) is 6.84. The molecule has 12 heteroatoms. The Labute approximate surface area is 236 Å². The Morgan fingerprint density at radius 1 is 0.975 bits per heavy atom. The summed E-state index contributed by atoms with van der Waals surface area (Å²) in [6.07, 6.45) is -2.56. The van der Waals surface area contributed by atoms with Crippen LogP contribution in [0.1, 0.15) is 12.5 Å². The Morgan fingerprint density at radius 2 is 1.62 bits per heavy atom. The van der Waals surface area contributed by atoms with Crippen molar-refractivity contribution in [1.82, 2.24) is 4.90 Å². The van der Waals surface area contributed by atoms with Crippen LogP contribution in [-0.4, -0.2) is 64.8 Å². The molecule has 7 nitrogen and oxygen atoms in total. The Kier molecular flexibility index (Phi) is 9.19. The van der Waals surface area contributed by atoms with Gasteiger partial charge >= 0.3 is 6.18 Å². The number of anilines is 2. The van der Waals surface area contributed by atoms with Gasteiger partial charge in [0.15, 0.2) is 0 Å². The minimum atomic E-state index is -4.45. The maximum atomic E-state index is 13.7. The van der Waals surface area contributed by atoms with Crippen LogP contribution in [-0.2, 0) is 21.0 Å². The first-order chi connectivity index (χ1) is 19.0. The lowest BCUT2D eigenvalue weighted by Gasteiger charge is -2.37. The van der Waals surface area contributed by atoms with E-state index in [1.807, 2.05) is 13.2 Å². The second-order valence-electron chi connectivity index (χ2n) is 9.03. The molecular formula is C28H30F3N3O4S2. The van der Waals surface area contributed by atoms with Gasteiger partial charge in [0, 0.05) is 36.8 Å². The SMILES string of the molecule is CCOc1ccc(N(CC(=O)N2CCN(c3cccc(C(F)(F)F)c3)CC2)S(=O)(=O)c2ccc(SC)cc2)cc1. The highest BCUT2D eigenvalue weighted by atomic mass is 32.2. The summed E-state index contributed by atoms with van der Waals surface area (Å²) in [5, 5.41) is 0. The molecule has 214 valence electrons. The van der Waals surface area contributed by atoms with Crippen molar-refractivity contribution in [3.8, 4) is 5.75 Å². The number of thioether (sulfide) groups is 1. The third-order valence-electron chi connectivity index (χ3n) is 6.53. The molecule has 40 heavy (non-hydrogen) atoms. The number of rotatable bonds is 9. The molecule has 0 N–H and O–H groups in total. The molecule has 1 heterocycles. The molecule has 1 fully saturated rings. The van der Waals surface area contributed by atoms with E-state index in [-0.39, 0.29) is 18.0 Å². The van der Waals surface area contributed by atoms with Crippen molar-refractivity contribution in [2.75, 3.05) is 54.8 Å². The van der Waals surface area contributed by atoms with Gasteiger partial charge in [-0.1, -0.05) is 6.07 Å². The molecule has 0 radical (unpaired) electrons. The molecule has 0 aromatic heterocycles. The minimum absolute atomic E-state index is 0.0568. The molecule has 1 amide bonds. The van der Waals surface area contributed by atoms with E-state index in [9.17, 15) is 26.4 Å². The van der Waals surface area contributed by atoms with Crippen LogP contribution in [0, 0.1) is 0 Å². The number of hydrogen-bond donors (Lipinski definition) is 0. The number of carbonyl (C=O) groups excluding carboxylic acids is 1. The molecule has 1 aliphatic heterocycles. The zero-order chi connectivity index (χ0) is 28.9. The number of piperazine rings is 1. The van der Waals surface area contributed by atoms with E-state index in [0.29, 0.717) is 36.8 Å². The molecule has 0 saturated carbocycles. The first-order valence-corrected chi connectivity index (χ1v) is 15.3. The smallest absolute Gasteiger partial charge is 0.416 e. The summed E-state index contributed by atoms with van der Waals surface area (Å²) in [4.78, 5) is 17.7. The van der Waals surface area contributed by atoms with E-state index in [1.165, 1.54) is 34.9 Å². The Balaban J connectivity index is 1.52. The zero-order valence-corrected chi connectivity index (χ0v) is 23.7. The Morgan fingerprint density at radius 3 is 2.20 bits per heavy atom. The van der Waals surface area contributed by atoms with Crippen molar-refractivity contribution < 1.29 is 31.1 Å². The van der Waals surface area contributed by atoms with Crippen molar-refractivity contribution in [2.24, 2.45) is 0 Å². The van der Waals surface area contributed by atoms with Crippen LogP contribution in [0.4, 0.5) is 24.5 Å². The molecule has 1 saturated heterocycles. The molecule has 3 aromatic rings. The second-order valence-corrected chi connectivity index (χ2v) is 11.8. The van der Waals surface area contributed by atoms with Gasteiger partial charge in [0.25, 0.3) is 10.0 Å². The largest absolute Gasteiger partial charge is 0.494 e. The number of ether oxygens (including phenoxy) is 1. The quantitative estimate of drug-likeness (QED) is 0.311. The first kappa shape index (κ1) is 29.6. The Bertz CT molecular complexity index is 1410. The molecule has 4 rings (SSSR count). The van der Waals surface area contributed by atoms with Crippen LogP contribution in [0.15, 0.2) is 82.6 Å². The lowest BCUT2D eigenvalue weighted by Crippen LogP contribution is -2.52. The van der Waals surface area contributed by atoms with Crippen molar-refractivity contribution in [3.63, 3.8) is 0 Å². The van der Waals surface area contributed by atoms with Gasteiger partial charge < -0.3 is 14.5 Å².